The molecular formula is C15H18N2O3. The van der Waals surface area contributed by atoms with Gasteiger partial charge in [0.25, 0.3) is 0 Å². The van der Waals surface area contributed by atoms with E-state index in [1.54, 1.807) is 18.4 Å². The maximum atomic E-state index is 11.6. The molecule has 0 amide bonds. The van der Waals surface area contributed by atoms with Gasteiger partial charge in [-0.3, -0.25) is 0 Å². The van der Waals surface area contributed by atoms with E-state index < -0.39 is 5.97 Å². The second kappa shape index (κ2) is 6.14. The maximum Gasteiger partial charge on any atom is 0.340 e. The van der Waals surface area contributed by atoms with Crippen molar-refractivity contribution in [1.82, 2.24) is 0 Å². The fraction of sp³-hybridized carbons (Fsp3) is 0.267. The summed E-state index contributed by atoms with van der Waals surface area (Å²) in [5.74, 6) is 0.456. The number of benzene rings is 1. The van der Waals surface area contributed by atoms with Crippen LogP contribution >= 0.6 is 0 Å². The molecule has 0 saturated heterocycles. The van der Waals surface area contributed by atoms with Gasteiger partial charge in [0.05, 0.1) is 30.3 Å². The van der Waals surface area contributed by atoms with E-state index in [1.165, 1.54) is 7.11 Å². The average molecular weight is 274 g/mol. The van der Waals surface area contributed by atoms with Gasteiger partial charge in [-0.15, -0.1) is 0 Å². The van der Waals surface area contributed by atoms with E-state index in [4.69, 9.17) is 14.9 Å². The molecular weight excluding hydrogens is 256 g/mol. The first kappa shape index (κ1) is 14.0. The molecule has 3 N–H and O–H groups in total. The molecule has 20 heavy (non-hydrogen) atoms. The number of nitrogens with one attached hydrogen (secondary N) is 1. The number of esters is 1. The van der Waals surface area contributed by atoms with E-state index in [9.17, 15) is 4.79 Å². The van der Waals surface area contributed by atoms with E-state index in [1.807, 2.05) is 25.1 Å². The first-order valence-electron chi connectivity index (χ1n) is 6.37. The molecule has 0 fully saturated rings. The number of hydrogen-bond acceptors (Lipinski definition) is 5. The lowest BCUT2D eigenvalue weighted by atomic mass is 10.1. The predicted octanol–water partition coefficient (Wildman–Crippen LogP) is 2.69. The summed E-state index contributed by atoms with van der Waals surface area (Å²) in [6.45, 7) is 2.02. The quantitative estimate of drug-likeness (QED) is 0.647. The zero-order chi connectivity index (χ0) is 14.5. The van der Waals surface area contributed by atoms with E-state index in [0.717, 1.165) is 12.2 Å². The van der Waals surface area contributed by atoms with Crippen molar-refractivity contribution in [3.63, 3.8) is 0 Å². The molecule has 0 aliphatic carbocycles. The second-order valence-corrected chi connectivity index (χ2v) is 4.59. The molecule has 0 radical (unpaired) electrons. The third-order valence-corrected chi connectivity index (χ3v) is 3.00. The summed E-state index contributed by atoms with van der Waals surface area (Å²) < 4.78 is 10.0. The number of methoxy groups -OCH3 is 1. The number of furan rings is 1. The Morgan fingerprint density at radius 3 is 2.85 bits per heavy atom. The number of anilines is 2. The van der Waals surface area contributed by atoms with Crippen molar-refractivity contribution in [2.75, 3.05) is 18.2 Å². The van der Waals surface area contributed by atoms with E-state index >= 15 is 0 Å². The highest BCUT2D eigenvalue weighted by Crippen LogP contribution is 2.24. The zero-order valence-corrected chi connectivity index (χ0v) is 11.6. The van der Waals surface area contributed by atoms with Crippen LogP contribution in [0.2, 0.25) is 0 Å². The van der Waals surface area contributed by atoms with Crippen molar-refractivity contribution < 1.29 is 13.9 Å². The largest absolute Gasteiger partial charge is 0.469 e. The van der Waals surface area contributed by atoms with Crippen LogP contribution in [0, 0.1) is 0 Å². The lowest BCUT2D eigenvalue weighted by Gasteiger charge is -2.17. The van der Waals surface area contributed by atoms with Crippen molar-refractivity contribution in [2.45, 2.75) is 19.4 Å². The lowest BCUT2D eigenvalue weighted by molar-refractivity contribution is 0.0602. The van der Waals surface area contributed by atoms with E-state index in [0.29, 0.717) is 16.9 Å². The molecule has 5 nitrogen and oxygen atoms in total. The first-order chi connectivity index (χ1) is 9.61. The second-order valence-electron chi connectivity index (χ2n) is 4.59. The van der Waals surface area contributed by atoms with Gasteiger partial charge in [-0.25, -0.2) is 4.79 Å². The SMILES string of the molecule is COC(=O)c1cccc(NC(C)Cc2ccco2)c1N. The number of ether oxygens (including phenoxy) is 1. The molecule has 1 heterocycles. The molecule has 1 atom stereocenters. The standard InChI is InChI=1S/C15H18N2O3/c1-10(9-11-5-4-8-20-11)17-13-7-3-6-12(14(13)16)15(18)19-2/h3-8,10,17H,9,16H2,1-2H3. The van der Waals surface area contributed by atoms with Crippen molar-refractivity contribution >= 4 is 17.3 Å². The van der Waals surface area contributed by atoms with Crippen LogP contribution in [0.25, 0.3) is 0 Å². The fourth-order valence-electron chi connectivity index (χ4n) is 2.03. The van der Waals surface area contributed by atoms with Gasteiger partial charge in [-0.1, -0.05) is 6.07 Å². The number of rotatable bonds is 5. The van der Waals surface area contributed by atoms with Crippen LogP contribution in [0.4, 0.5) is 11.4 Å². The number of nitrogens with two attached hydrogens (primary N) is 1. The fourth-order valence-corrected chi connectivity index (χ4v) is 2.03. The molecule has 106 valence electrons. The average Bonchev–Trinajstić information content (AvgIpc) is 2.93. The van der Waals surface area contributed by atoms with Crippen LogP contribution in [0.5, 0.6) is 0 Å². The minimum absolute atomic E-state index is 0.122. The van der Waals surface area contributed by atoms with Crippen molar-refractivity contribution in [3.8, 4) is 0 Å². The molecule has 5 heteroatoms. The molecule has 1 unspecified atom stereocenters. The summed E-state index contributed by atoms with van der Waals surface area (Å²) in [6, 6.07) is 9.14. The Kier molecular flexibility index (Phi) is 4.30. The summed E-state index contributed by atoms with van der Waals surface area (Å²) in [6.07, 6.45) is 2.38. The molecule has 0 spiro atoms. The molecule has 0 saturated carbocycles. The van der Waals surface area contributed by atoms with Gasteiger partial charge in [-0.2, -0.15) is 0 Å². The highest BCUT2D eigenvalue weighted by Gasteiger charge is 2.14. The number of carbonyl (C=O) groups is 1. The highest BCUT2D eigenvalue weighted by molar-refractivity contribution is 5.98. The van der Waals surface area contributed by atoms with Crippen LogP contribution in [0.1, 0.15) is 23.0 Å². The smallest absolute Gasteiger partial charge is 0.340 e. The zero-order valence-electron chi connectivity index (χ0n) is 11.6. The number of para-hydroxylation sites is 1. The Morgan fingerprint density at radius 1 is 1.40 bits per heavy atom. The van der Waals surface area contributed by atoms with Gasteiger partial charge >= 0.3 is 5.97 Å². The summed E-state index contributed by atoms with van der Waals surface area (Å²) >= 11 is 0. The molecule has 0 bridgehead atoms. The Hall–Kier alpha value is -2.43. The predicted molar refractivity (Wildman–Crippen MR) is 77.7 cm³/mol. The summed E-state index contributed by atoms with van der Waals surface area (Å²) in [4.78, 5) is 11.6. The number of carbonyl (C=O) groups excluding carboxylic acids is 1. The van der Waals surface area contributed by atoms with Crippen LogP contribution in [0.3, 0.4) is 0 Å². The number of nitrogen functional groups attached to an aromatic ring is 1. The summed E-state index contributed by atoms with van der Waals surface area (Å²) in [7, 11) is 1.33. The minimum Gasteiger partial charge on any atom is -0.469 e. The monoisotopic (exact) mass is 274 g/mol. The third kappa shape index (κ3) is 3.12. The van der Waals surface area contributed by atoms with Gasteiger partial charge in [0.1, 0.15) is 5.76 Å². The molecule has 2 aromatic rings. The Bertz CT molecular complexity index is 579. The first-order valence-corrected chi connectivity index (χ1v) is 6.37. The van der Waals surface area contributed by atoms with Gasteiger partial charge in [0, 0.05) is 12.5 Å². The van der Waals surface area contributed by atoms with Crippen molar-refractivity contribution in [3.05, 3.63) is 47.9 Å². The molecule has 1 aromatic carbocycles. The third-order valence-electron chi connectivity index (χ3n) is 3.00. The molecule has 2 rings (SSSR count). The molecule has 1 aromatic heterocycles. The summed E-state index contributed by atoms with van der Waals surface area (Å²) in [5.41, 5.74) is 7.47. The summed E-state index contributed by atoms with van der Waals surface area (Å²) in [5, 5.41) is 3.28. The Balaban J connectivity index is 2.11. The maximum absolute atomic E-state index is 11.6. The van der Waals surface area contributed by atoms with Gasteiger partial charge in [0.15, 0.2) is 0 Å². The van der Waals surface area contributed by atoms with Gasteiger partial charge in [0.2, 0.25) is 0 Å². The topological polar surface area (TPSA) is 77.5 Å². The van der Waals surface area contributed by atoms with Crippen LogP contribution in [-0.2, 0) is 11.2 Å². The van der Waals surface area contributed by atoms with Crippen molar-refractivity contribution in [1.29, 1.82) is 0 Å². The molecule has 0 aliphatic heterocycles. The minimum atomic E-state index is -0.440. The highest BCUT2D eigenvalue weighted by atomic mass is 16.5. The normalized spacial score (nSPS) is 11.9. The van der Waals surface area contributed by atoms with Crippen molar-refractivity contribution in [2.24, 2.45) is 0 Å². The molecule has 0 aliphatic rings. The Labute approximate surface area is 117 Å². The number of hydrogen-bond donors (Lipinski definition) is 2. The Morgan fingerprint density at radius 2 is 2.20 bits per heavy atom. The van der Waals surface area contributed by atoms with Gasteiger partial charge in [-0.05, 0) is 31.2 Å². The van der Waals surface area contributed by atoms with E-state index in [-0.39, 0.29) is 6.04 Å². The van der Waals surface area contributed by atoms with Gasteiger partial charge < -0.3 is 20.2 Å². The van der Waals surface area contributed by atoms with E-state index in [2.05, 4.69) is 5.32 Å². The van der Waals surface area contributed by atoms with Crippen LogP contribution in [-0.4, -0.2) is 19.1 Å². The lowest BCUT2D eigenvalue weighted by Crippen LogP contribution is -2.19. The van der Waals surface area contributed by atoms with Crippen LogP contribution in [0.15, 0.2) is 41.0 Å². The van der Waals surface area contributed by atoms with Crippen LogP contribution < -0.4 is 11.1 Å².